The molecule has 3 fully saturated rings. The molecule has 3 aliphatic rings. The molecule has 2 atom stereocenters. The van der Waals surface area contributed by atoms with Crippen LogP contribution in [0.5, 0.6) is 0 Å². The zero-order chi connectivity index (χ0) is 21.6. The lowest BCUT2D eigenvalue weighted by atomic mass is 10.00. The van der Waals surface area contributed by atoms with Crippen molar-refractivity contribution in [3.05, 3.63) is 60.2 Å². The van der Waals surface area contributed by atoms with Crippen molar-refractivity contribution in [2.45, 2.75) is 6.54 Å². The van der Waals surface area contributed by atoms with E-state index in [9.17, 15) is 18.0 Å². The van der Waals surface area contributed by atoms with Crippen molar-refractivity contribution in [3.63, 3.8) is 0 Å². The van der Waals surface area contributed by atoms with Crippen LogP contribution in [0.2, 0.25) is 0 Å². The number of fused-ring (bicyclic) bond motifs is 1. The maximum Gasteiger partial charge on any atom is 0.239 e. The average molecular weight is 440 g/mol. The standard InChI is InChI=1S/C23H25N3O4S/c27-22-20-15-24(14-17-4-2-1-3-5-17)16-21(20)23(28)26(22)19-8-6-18(7-9-19)25-10-12-31(29,30)13-11-25/h1-9,20-21H,10-16H2/t20-,21+. The highest BCUT2D eigenvalue weighted by molar-refractivity contribution is 7.91. The third-order valence-electron chi connectivity index (χ3n) is 6.54. The number of amides is 2. The number of anilines is 2. The monoisotopic (exact) mass is 439 g/mol. The van der Waals surface area contributed by atoms with Gasteiger partial charge < -0.3 is 4.90 Å². The Labute approximate surface area is 182 Å². The van der Waals surface area contributed by atoms with Crippen LogP contribution in [0, 0.1) is 11.8 Å². The van der Waals surface area contributed by atoms with Gasteiger partial charge in [0.15, 0.2) is 9.84 Å². The summed E-state index contributed by atoms with van der Waals surface area (Å²) in [5.74, 6) is -0.516. The van der Waals surface area contributed by atoms with Crippen LogP contribution in [0.25, 0.3) is 0 Å². The van der Waals surface area contributed by atoms with Crippen LogP contribution >= 0.6 is 0 Å². The van der Waals surface area contributed by atoms with Gasteiger partial charge in [0.2, 0.25) is 11.8 Å². The fraction of sp³-hybridized carbons (Fsp3) is 0.391. The third kappa shape index (κ3) is 3.85. The lowest BCUT2D eigenvalue weighted by molar-refractivity contribution is -0.123. The third-order valence-corrected chi connectivity index (χ3v) is 8.15. The summed E-state index contributed by atoms with van der Waals surface area (Å²) >= 11 is 0. The van der Waals surface area contributed by atoms with Crippen LogP contribution in [-0.2, 0) is 26.0 Å². The summed E-state index contributed by atoms with van der Waals surface area (Å²) in [6.07, 6.45) is 0. The first-order chi connectivity index (χ1) is 14.9. The number of likely N-dealkylation sites (tertiary alicyclic amines) is 1. The highest BCUT2D eigenvalue weighted by Crippen LogP contribution is 2.37. The largest absolute Gasteiger partial charge is 0.369 e. The van der Waals surface area contributed by atoms with Crippen molar-refractivity contribution in [3.8, 4) is 0 Å². The van der Waals surface area contributed by atoms with Crippen LogP contribution in [0.15, 0.2) is 54.6 Å². The molecule has 31 heavy (non-hydrogen) atoms. The molecular weight excluding hydrogens is 414 g/mol. The molecule has 8 heteroatoms. The molecule has 2 aromatic rings. The Bertz CT molecular complexity index is 1060. The molecule has 3 heterocycles. The SMILES string of the molecule is O=C1[C@H]2CN(Cc3ccccc3)C[C@H]2C(=O)N1c1ccc(N2CCS(=O)(=O)CC2)cc1. The molecule has 0 radical (unpaired) electrons. The molecule has 0 unspecified atom stereocenters. The van der Waals surface area contributed by atoms with Gasteiger partial charge in [0.25, 0.3) is 0 Å². The maximum absolute atomic E-state index is 13.1. The second-order valence-corrected chi connectivity index (χ2v) is 10.9. The van der Waals surface area contributed by atoms with Gasteiger partial charge >= 0.3 is 0 Å². The van der Waals surface area contributed by atoms with Crippen LogP contribution < -0.4 is 9.80 Å². The second kappa shape index (κ2) is 7.76. The first-order valence-corrected chi connectivity index (χ1v) is 12.4. The number of benzene rings is 2. The average Bonchev–Trinajstić information content (AvgIpc) is 3.27. The molecule has 2 aromatic carbocycles. The molecule has 162 valence electrons. The fourth-order valence-corrected chi connectivity index (χ4v) is 6.04. The van der Waals surface area contributed by atoms with Gasteiger partial charge in [-0.3, -0.25) is 14.5 Å². The highest BCUT2D eigenvalue weighted by atomic mass is 32.2. The Morgan fingerprint density at radius 3 is 1.90 bits per heavy atom. The molecule has 7 nitrogen and oxygen atoms in total. The lowest BCUT2D eigenvalue weighted by Gasteiger charge is -2.29. The Hall–Kier alpha value is -2.71. The zero-order valence-corrected chi connectivity index (χ0v) is 18.0. The number of nitrogens with zero attached hydrogens (tertiary/aromatic N) is 3. The fourth-order valence-electron chi connectivity index (χ4n) is 4.83. The quantitative estimate of drug-likeness (QED) is 0.673. The van der Waals surface area contributed by atoms with E-state index in [1.807, 2.05) is 35.2 Å². The summed E-state index contributed by atoms with van der Waals surface area (Å²) in [5.41, 5.74) is 2.68. The topological polar surface area (TPSA) is 78.0 Å². The molecular formula is C23H25N3O4S. The Kier molecular flexibility index (Phi) is 5.06. The number of imide groups is 1. The number of rotatable bonds is 4. The number of hydrogen-bond acceptors (Lipinski definition) is 6. The van der Waals surface area contributed by atoms with E-state index in [0.29, 0.717) is 31.9 Å². The highest BCUT2D eigenvalue weighted by Gasteiger charge is 2.52. The number of hydrogen-bond donors (Lipinski definition) is 0. The predicted octanol–water partition coefficient (Wildman–Crippen LogP) is 1.54. The van der Waals surface area contributed by atoms with Gasteiger partial charge in [-0.2, -0.15) is 0 Å². The van der Waals surface area contributed by atoms with Crippen molar-refractivity contribution < 1.29 is 18.0 Å². The zero-order valence-electron chi connectivity index (χ0n) is 17.2. The summed E-state index contributed by atoms with van der Waals surface area (Å²) in [5, 5.41) is 0. The minimum atomic E-state index is -2.94. The Morgan fingerprint density at radius 1 is 0.774 bits per heavy atom. The summed E-state index contributed by atoms with van der Waals surface area (Å²) < 4.78 is 23.3. The van der Waals surface area contributed by atoms with Crippen molar-refractivity contribution in [2.75, 3.05) is 47.5 Å². The van der Waals surface area contributed by atoms with E-state index in [0.717, 1.165) is 12.2 Å². The van der Waals surface area contributed by atoms with Crippen LogP contribution in [0.3, 0.4) is 0 Å². The maximum atomic E-state index is 13.1. The van der Waals surface area contributed by atoms with Gasteiger partial charge in [-0.15, -0.1) is 0 Å². The molecule has 5 rings (SSSR count). The molecule has 0 spiro atoms. The smallest absolute Gasteiger partial charge is 0.239 e. The van der Waals surface area contributed by atoms with Gasteiger partial charge in [-0.1, -0.05) is 30.3 Å². The van der Waals surface area contributed by atoms with Gasteiger partial charge in [-0.25, -0.2) is 13.3 Å². The first-order valence-electron chi connectivity index (χ1n) is 10.6. The van der Waals surface area contributed by atoms with Crippen molar-refractivity contribution in [2.24, 2.45) is 11.8 Å². The van der Waals surface area contributed by atoms with E-state index in [1.165, 1.54) is 10.5 Å². The van der Waals surface area contributed by atoms with Crippen molar-refractivity contribution >= 4 is 33.0 Å². The minimum absolute atomic E-state index is 0.123. The lowest BCUT2D eigenvalue weighted by Crippen LogP contribution is -2.40. The summed E-state index contributed by atoms with van der Waals surface area (Å²) in [6, 6.07) is 17.4. The summed E-state index contributed by atoms with van der Waals surface area (Å²) in [7, 11) is -2.94. The van der Waals surface area contributed by atoms with E-state index < -0.39 is 9.84 Å². The summed E-state index contributed by atoms with van der Waals surface area (Å²) in [6.45, 7) is 2.87. The van der Waals surface area contributed by atoms with E-state index >= 15 is 0 Å². The summed E-state index contributed by atoms with van der Waals surface area (Å²) in [4.78, 5) is 31.7. The molecule has 0 aliphatic carbocycles. The minimum Gasteiger partial charge on any atom is -0.369 e. The Balaban J connectivity index is 1.26. The normalized spacial score (nSPS) is 25.8. The second-order valence-electron chi connectivity index (χ2n) is 8.56. The van der Waals surface area contributed by atoms with Gasteiger partial charge in [0, 0.05) is 38.4 Å². The van der Waals surface area contributed by atoms with Gasteiger partial charge in [0.1, 0.15) is 0 Å². The molecule has 3 aliphatic heterocycles. The van der Waals surface area contributed by atoms with Gasteiger partial charge in [0.05, 0.1) is 29.0 Å². The first kappa shape index (κ1) is 20.2. The van der Waals surface area contributed by atoms with E-state index in [4.69, 9.17) is 0 Å². The van der Waals surface area contributed by atoms with E-state index in [-0.39, 0.29) is 35.2 Å². The van der Waals surface area contributed by atoms with Crippen molar-refractivity contribution in [1.82, 2.24) is 4.90 Å². The molecule has 2 amide bonds. The molecule has 3 saturated heterocycles. The van der Waals surface area contributed by atoms with Crippen LogP contribution in [0.1, 0.15) is 5.56 Å². The Morgan fingerprint density at radius 2 is 1.32 bits per heavy atom. The molecule has 0 saturated carbocycles. The molecule has 0 N–H and O–H groups in total. The van der Waals surface area contributed by atoms with E-state index in [1.54, 1.807) is 12.1 Å². The van der Waals surface area contributed by atoms with Crippen LogP contribution in [0.4, 0.5) is 11.4 Å². The molecule has 0 bridgehead atoms. The number of carbonyl (C=O) groups is 2. The predicted molar refractivity (Wildman–Crippen MR) is 119 cm³/mol. The van der Waals surface area contributed by atoms with Crippen LogP contribution in [-0.4, -0.2) is 62.8 Å². The number of sulfone groups is 1. The van der Waals surface area contributed by atoms with Crippen molar-refractivity contribution in [1.29, 1.82) is 0 Å². The number of carbonyl (C=O) groups excluding carboxylic acids is 2. The van der Waals surface area contributed by atoms with Gasteiger partial charge in [-0.05, 0) is 29.8 Å². The molecule has 0 aromatic heterocycles. The van der Waals surface area contributed by atoms with E-state index in [2.05, 4.69) is 17.0 Å².